The van der Waals surface area contributed by atoms with Crippen molar-refractivity contribution in [2.45, 2.75) is 50.7 Å². The van der Waals surface area contributed by atoms with Crippen molar-refractivity contribution in [1.82, 2.24) is 0 Å². The average molecular weight is 445 g/mol. The highest BCUT2D eigenvalue weighted by molar-refractivity contribution is 6.76. The van der Waals surface area contributed by atoms with Gasteiger partial charge in [0.05, 0.1) is 24.2 Å². The second-order valence-corrected chi connectivity index (χ2v) is 14.7. The molecule has 0 spiro atoms. The first-order chi connectivity index (χ1) is 14.6. The number of aliphatic hydroxyl groups excluding tert-OH is 2. The van der Waals surface area contributed by atoms with Crippen LogP contribution in [-0.4, -0.2) is 54.1 Å². The van der Waals surface area contributed by atoms with E-state index in [4.69, 9.17) is 9.84 Å². The van der Waals surface area contributed by atoms with Gasteiger partial charge in [0, 0.05) is 14.0 Å². The summed E-state index contributed by atoms with van der Waals surface area (Å²) in [5.74, 6) is -2.62. The number of hydrogen-bond acceptors (Lipinski definition) is 5. The summed E-state index contributed by atoms with van der Waals surface area (Å²) < 4.78 is 5.21. The SMILES string of the molecule is C[Si](C)(C)CC[C@H](O)[C@@H](CC(=O)O)[C@H](O)COC(=O)c1ccc(-c2ccccc2)cc1. The number of aliphatic carboxylic acids is 1. The zero-order valence-corrected chi connectivity index (χ0v) is 19.3. The fourth-order valence-electron chi connectivity index (χ4n) is 3.32. The Morgan fingerprint density at radius 1 is 0.903 bits per heavy atom. The summed E-state index contributed by atoms with van der Waals surface area (Å²) in [6.07, 6.45) is -2.21. The van der Waals surface area contributed by atoms with Crippen LogP contribution in [0.15, 0.2) is 54.6 Å². The molecule has 2 rings (SSSR count). The lowest BCUT2D eigenvalue weighted by Gasteiger charge is -2.28. The van der Waals surface area contributed by atoms with Gasteiger partial charge >= 0.3 is 11.9 Å². The van der Waals surface area contributed by atoms with Gasteiger partial charge in [-0.05, 0) is 29.7 Å². The molecule has 0 aliphatic carbocycles. The van der Waals surface area contributed by atoms with Crippen LogP contribution in [0.2, 0.25) is 25.7 Å². The number of carbonyl (C=O) groups is 2. The second kappa shape index (κ2) is 11.2. The predicted molar refractivity (Wildman–Crippen MR) is 123 cm³/mol. The van der Waals surface area contributed by atoms with Crippen molar-refractivity contribution in [2.24, 2.45) is 5.92 Å². The first kappa shape index (κ1) is 24.8. The van der Waals surface area contributed by atoms with E-state index in [1.54, 1.807) is 12.1 Å². The Bertz CT molecular complexity index is 845. The van der Waals surface area contributed by atoms with Crippen LogP contribution in [0.3, 0.4) is 0 Å². The van der Waals surface area contributed by atoms with Gasteiger partial charge in [-0.25, -0.2) is 4.79 Å². The molecule has 7 heteroatoms. The van der Waals surface area contributed by atoms with Gasteiger partial charge in [-0.2, -0.15) is 0 Å². The van der Waals surface area contributed by atoms with E-state index in [0.29, 0.717) is 12.0 Å². The molecule has 0 unspecified atom stereocenters. The smallest absolute Gasteiger partial charge is 0.338 e. The number of ether oxygens (including phenoxy) is 1. The molecule has 0 amide bonds. The zero-order chi connectivity index (χ0) is 23.0. The molecular weight excluding hydrogens is 412 g/mol. The minimum Gasteiger partial charge on any atom is -0.481 e. The molecule has 0 aliphatic heterocycles. The second-order valence-electron chi connectivity index (χ2n) is 9.04. The van der Waals surface area contributed by atoms with Gasteiger partial charge in [-0.15, -0.1) is 0 Å². The largest absolute Gasteiger partial charge is 0.481 e. The number of rotatable bonds is 11. The molecule has 6 nitrogen and oxygen atoms in total. The molecule has 2 aromatic carbocycles. The van der Waals surface area contributed by atoms with E-state index in [-0.39, 0.29) is 6.61 Å². The molecule has 0 saturated heterocycles. The van der Waals surface area contributed by atoms with Crippen LogP contribution >= 0.6 is 0 Å². The summed E-state index contributed by atoms with van der Waals surface area (Å²) in [5.41, 5.74) is 2.33. The molecule has 0 radical (unpaired) electrons. The molecule has 168 valence electrons. The van der Waals surface area contributed by atoms with Crippen molar-refractivity contribution in [1.29, 1.82) is 0 Å². The Morgan fingerprint density at radius 3 is 2.03 bits per heavy atom. The highest BCUT2D eigenvalue weighted by atomic mass is 28.3. The lowest BCUT2D eigenvalue weighted by Crippen LogP contribution is -2.38. The molecule has 0 fully saturated rings. The zero-order valence-electron chi connectivity index (χ0n) is 18.3. The minimum absolute atomic E-state index is 0.334. The summed E-state index contributed by atoms with van der Waals surface area (Å²) in [4.78, 5) is 23.6. The Hall–Kier alpha value is -2.48. The van der Waals surface area contributed by atoms with Crippen LogP contribution in [0.25, 0.3) is 11.1 Å². The quantitative estimate of drug-likeness (QED) is 0.357. The van der Waals surface area contributed by atoms with Gasteiger partial charge in [0.25, 0.3) is 0 Å². The topological polar surface area (TPSA) is 104 Å². The minimum atomic E-state index is -1.42. The first-order valence-electron chi connectivity index (χ1n) is 10.5. The van der Waals surface area contributed by atoms with Crippen molar-refractivity contribution < 1.29 is 29.6 Å². The van der Waals surface area contributed by atoms with Crippen molar-refractivity contribution in [3.63, 3.8) is 0 Å². The molecule has 0 saturated carbocycles. The van der Waals surface area contributed by atoms with Gasteiger partial charge in [-0.3, -0.25) is 4.79 Å². The summed E-state index contributed by atoms with van der Waals surface area (Å²) in [6, 6.07) is 17.5. The predicted octanol–water partition coefficient (Wildman–Crippen LogP) is 4.05. The molecule has 0 heterocycles. The van der Waals surface area contributed by atoms with E-state index < -0.39 is 44.6 Å². The maximum Gasteiger partial charge on any atom is 0.338 e. The van der Waals surface area contributed by atoms with Gasteiger partial charge in [0.2, 0.25) is 0 Å². The number of carboxylic acid groups (broad SMARTS) is 1. The number of aliphatic hydroxyl groups is 2. The molecular formula is C24H32O6Si. The number of esters is 1. The monoisotopic (exact) mass is 444 g/mol. The van der Waals surface area contributed by atoms with Crippen molar-refractivity contribution in [3.05, 3.63) is 60.2 Å². The van der Waals surface area contributed by atoms with E-state index in [1.165, 1.54) is 0 Å². The van der Waals surface area contributed by atoms with Gasteiger partial charge in [0.1, 0.15) is 6.61 Å². The van der Waals surface area contributed by atoms with E-state index in [1.807, 2.05) is 42.5 Å². The highest BCUT2D eigenvalue weighted by Gasteiger charge is 2.31. The Balaban J connectivity index is 1.96. The Morgan fingerprint density at radius 2 is 1.48 bits per heavy atom. The van der Waals surface area contributed by atoms with Crippen molar-refractivity contribution >= 4 is 20.0 Å². The third kappa shape index (κ3) is 8.28. The lowest BCUT2D eigenvalue weighted by molar-refractivity contribution is -0.141. The molecule has 31 heavy (non-hydrogen) atoms. The Kier molecular flexibility index (Phi) is 8.97. The molecule has 3 atom stereocenters. The van der Waals surface area contributed by atoms with Crippen molar-refractivity contribution in [2.75, 3.05) is 6.61 Å². The van der Waals surface area contributed by atoms with Gasteiger partial charge in [-0.1, -0.05) is 68.1 Å². The van der Waals surface area contributed by atoms with Crippen LogP contribution in [0.1, 0.15) is 23.2 Å². The maximum atomic E-state index is 12.4. The van der Waals surface area contributed by atoms with Crippen LogP contribution in [0.5, 0.6) is 0 Å². The van der Waals surface area contributed by atoms with E-state index in [0.717, 1.165) is 17.2 Å². The maximum absolute atomic E-state index is 12.4. The van der Waals surface area contributed by atoms with E-state index >= 15 is 0 Å². The first-order valence-corrected chi connectivity index (χ1v) is 14.2. The number of carbonyl (C=O) groups excluding carboxylic acids is 1. The Labute approximate surface area is 184 Å². The standard InChI is InChI=1S/C24H32O6Si/c1-31(2,3)14-13-21(25)20(15-23(27)28)22(26)16-30-24(29)19-11-9-18(10-12-19)17-7-5-4-6-8-17/h4-12,20-22,25-26H,13-16H2,1-3H3,(H,27,28)/t20-,21+,22-/m1/s1. The van der Waals surface area contributed by atoms with Crippen molar-refractivity contribution in [3.8, 4) is 11.1 Å². The lowest BCUT2D eigenvalue weighted by atomic mass is 9.91. The normalized spacial score (nSPS) is 14.5. The fraction of sp³-hybridized carbons (Fsp3) is 0.417. The van der Waals surface area contributed by atoms with Crippen LogP contribution in [0, 0.1) is 5.92 Å². The summed E-state index contributed by atoms with van der Waals surface area (Å²) >= 11 is 0. The molecule has 3 N–H and O–H groups in total. The van der Waals surface area contributed by atoms with E-state index in [2.05, 4.69) is 19.6 Å². The average Bonchev–Trinajstić information content (AvgIpc) is 2.74. The van der Waals surface area contributed by atoms with Crippen LogP contribution < -0.4 is 0 Å². The fourth-order valence-corrected chi connectivity index (χ4v) is 4.48. The third-order valence-electron chi connectivity index (χ3n) is 5.20. The van der Waals surface area contributed by atoms with Crippen LogP contribution in [0.4, 0.5) is 0 Å². The number of carboxylic acids is 1. The van der Waals surface area contributed by atoms with Gasteiger partial charge in [0.15, 0.2) is 0 Å². The number of benzene rings is 2. The molecule has 0 bridgehead atoms. The molecule has 2 aromatic rings. The van der Waals surface area contributed by atoms with Crippen LogP contribution in [-0.2, 0) is 9.53 Å². The summed E-state index contributed by atoms with van der Waals surface area (Å²) in [7, 11) is -1.42. The number of hydrogen-bond donors (Lipinski definition) is 3. The summed E-state index contributed by atoms with van der Waals surface area (Å²) in [5, 5.41) is 30.1. The molecule has 0 aliphatic rings. The summed E-state index contributed by atoms with van der Waals surface area (Å²) in [6.45, 7) is 6.11. The highest BCUT2D eigenvalue weighted by Crippen LogP contribution is 2.23. The van der Waals surface area contributed by atoms with E-state index in [9.17, 15) is 19.8 Å². The third-order valence-corrected chi connectivity index (χ3v) is 6.99. The molecule has 0 aromatic heterocycles. The van der Waals surface area contributed by atoms with Gasteiger partial charge < -0.3 is 20.1 Å².